The number of nitriles is 1. The molecule has 2 aliphatic rings. The minimum absolute atomic E-state index is 0.173. The monoisotopic (exact) mass is 597 g/mol. The van der Waals surface area contributed by atoms with Crippen LogP contribution in [0, 0.1) is 23.1 Å². The van der Waals surface area contributed by atoms with E-state index in [0.29, 0.717) is 60.1 Å². The molecule has 0 bridgehead atoms. The number of carboxylic acids is 1. The first-order valence-corrected chi connectivity index (χ1v) is 14.5. The lowest BCUT2D eigenvalue weighted by atomic mass is 9.96. The van der Waals surface area contributed by atoms with Crippen LogP contribution in [0.4, 0.5) is 4.39 Å². The number of halogens is 2. The molecule has 0 amide bonds. The third kappa shape index (κ3) is 6.19. The van der Waals surface area contributed by atoms with E-state index in [1.165, 1.54) is 12.3 Å². The van der Waals surface area contributed by atoms with E-state index in [-0.39, 0.29) is 18.5 Å². The van der Waals surface area contributed by atoms with E-state index >= 15 is 0 Å². The van der Waals surface area contributed by atoms with Crippen LogP contribution < -0.4 is 9.47 Å². The molecule has 6 rings (SSSR count). The van der Waals surface area contributed by atoms with E-state index in [2.05, 4.69) is 16.0 Å². The Morgan fingerprint density at radius 2 is 1.93 bits per heavy atom. The van der Waals surface area contributed by atoms with Crippen LogP contribution in [0.3, 0.4) is 0 Å². The molecule has 0 radical (unpaired) electrons. The number of fused-ring (bicyclic) bond motifs is 1. The van der Waals surface area contributed by atoms with Crippen molar-refractivity contribution >= 4 is 17.6 Å². The van der Waals surface area contributed by atoms with Gasteiger partial charge in [0.05, 0.1) is 16.5 Å². The number of pyridine rings is 1. The van der Waals surface area contributed by atoms with Crippen molar-refractivity contribution in [1.29, 1.82) is 5.26 Å². The van der Waals surface area contributed by atoms with E-state index in [4.69, 9.17) is 21.1 Å². The molecule has 7 nitrogen and oxygen atoms in total. The van der Waals surface area contributed by atoms with Crippen LogP contribution in [0.25, 0.3) is 11.1 Å². The number of carbonyl (C=O) groups is 1. The fourth-order valence-corrected chi connectivity index (χ4v) is 6.19. The highest BCUT2D eigenvalue weighted by Crippen LogP contribution is 2.43. The van der Waals surface area contributed by atoms with E-state index in [9.17, 15) is 19.6 Å². The van der Waals surface area contributed by atoms with Gasteiger partial charge in [-0.05, 0) is 60.7 Å². The molecule has 218 valence electrons. The average Bonchev–Trinajstić information content (AvgIpc) is 3.66. The molecule has 1 aromatic heterocycles. The Labute approximate surface area is 254 Å². The van der Waals surface area contributed by atoms with Crippen molar-refractivity contribution in [3.8, 4) is 28.7 Å². The van der Waals surface area contributed by atoms with Gasteiger partial charge >= 0.3 is 5.97 Å². The lowest BCUT2D eigenvalue weighted by Gasteiger charge is -2.22. The molecule has 1 N–H and O–H groups in total. The Morgan fingerprint density at radius 3 is 2.72 bits per heavy atom. The van der Waals surface area contributed by atoms with Crippen molar-refractivity contribution in [1.82, 2.24) is 9.88 Å². The van der Waals surface area contributed by atoms with Crippen LogP contribution in [0.1, 0.15) is 46.8 Å². The second-order valence-electron chi connectivity index (χ2n) is 10.9. The number of rotatable bonds is 9. The number of ether oxygens (including phenoxy) is 2. The van der Waals surface area contributed by atoms with Gasteiger partial charge in [0.15, 0.2) is 0 Å². The van der Waals surface area contributed by atoms with Gasteiger partial charge in [-0.1, -0.05) is 48.0 Å². The minimum atomic E-state index is -0.791. The van der Waals surface area contributed by atoms with Crippen molar-refractivity contribution < 1.29 is 23.8 Å². The SMILES string of the molecule is N#Cc1cncc(COc2cc(O[C@H]3CCc4c(-c5ccccc5F)cccc43)c(Cl)cc2CN2CCC(C(=O)O)C2)c1. The summed E-state index contributed by atoms with van der Waals surface area (Å²) in [6.07, 6.45) is 4.91. The number of aliphatic carboxylic acids is 1. The highest BCUT2D eigenvalue weighted by Gasteiger charge is 2.30. The number of carboxylic acid groups (broad SMARTS) is 1. The van der Waals surface area contributed by atoms with Gasteiger partial charge in [-0.25, -0.2) is 4.39 Å². The second-order valence-corrected chi connectivity index (χ2v) is 11.3. The fraction of sp³-hybridized carbons (Fsp3) is 0.265. The molecule has 0 saturated carbocycles. The van der Waals surface area contributed by atoms with Gasteiger partial charge in [-0.3, -0.25) is 14.7 Å². The summed E-state index contributed by atoms with van der Waals surface area (Å²) in [6.45, 7) is 1.74. The van der Waals surface area contributed by atoms with Gasteiger partial charge in [0.25, 0.3) is 0 Å². The molecule has 43 heavy (non-hydrogen) atoms. The number of hydrogen-bond donors (Lipinski definition) is 1. The summed E-state index contributed by atoms with van der Waals surface area (Å²) in [4.78, 5) is 17.7. The summed E-state index contributed by atoms with van der Waals surface area (Å²) in [6, 6.07) is 20.1. The summed E-state index contributed by atoms with van der Waals surface area (Å²) in [5.74, 6) is -0.439. The fourth-order valence-electron chi connectivity index (χ4n) is 5.96. The summed E-state index contributed by atoms with van der Waals surface area (Å²) in [7, 11) is 0. The zero-order valence-corrected chi connectivity index (χ0v) is 24.1. The summed E-state index contributed by atoms with van der Waals surface area (Å²) >= 11 is 6.79. The van der Waals surface area contributed by atoms with Crippen LogP contribution in [0.2, 0.25) is 5.02 Å². The molecular weight excluding hydrogens is 569 g/mol. The minimum Gasteiger partial charge on any atom is -0.488 e. The summed E-state index contributed by atoms with van der Waals surface area (Å²) < 4.78 is 27.4. The molecule has 1 saturated heterocycles. The number of nitrogens with zero attached hydrogens (tertiary/aromatic N) is 3. The normalized spacial score (nSPS) is 17.8. The van der Waals surface area contributed by atoms with E-state index < -0.39 is 11.9 Å². The van der Waals surface area contributed by atoms with Crippen molar-refractivity contribution in [3.05, 3.63) is 112 Å². The van der Waals surface area contributed by atoms with Crippen LogP contribution in [-0.4, -0.2) is 34.0 Å². The van der Waals surface area contributed by atoms with Gasteiger partial charge in [0.1, 0.15) is 36.1 Å². The van der Waals surface area contributed by atoms with E-state index in [1.807, 2.05) is 30.3 Å². The predicted octanol–water partition coefficient (Wildman–Crippen LogP) is 6.96. The summed E-state index contributed by atoms with van der Waals surface area (Å²) in [5.41, 5.74) is 5.48. The van der Waals surface area contributed by atoms with Crippen LogP contribution in [0.5, 0.6) is 11.5 Å². The Hall–Kier alpha value is -4.45. The number of hydrogen-bond acceptors (Lipinski definition) is 6. The molecule has 0 spiro atoms. The Balaban J connectivity index is 1.28. The third-order valence-electron chi connectivity index (χ3n) is 8.10. The quantitative estimate of drug-likeness (QED) is 0.223. The van der Waals surface area contributed by atoms with Gasteiger partial charge in [0, 0.05) is 48.2 Å². The highest BCUT2D eigenvalue weighted by molar-refractivity contribution is 6.32. The predicted molar refractivity (Wildman–Crippen MR) is 159 cm³/mol. The first kappa shape index (κ1) is 28.7. The largest absolute Gasteiger partial charge is 0.488 e. The molecule has 1 fully saturated rings. The maximum absolute atomic E-state index is 14.7. The van der Waals surface area contributed by atoms with Crippen LogP contribution >= 0.6 is 11.6 Å². The Bertz CT molecular complexity index is 1720. The standard InChI is InChI=1S/C34H29ClFN3O4/c35-29-13-24(19-39-11-10-23(18-39)34(40)41)32(42-20-22-12-21(15-37)16-38-17-22)14-33(29)43-31-9-8-26-25(5-3-6-28(26)31)27-4-1-2-7-30(27)36/h1-7,12-14,16-17,23,31H,8-11,18-20H2,(H,40,41)/t23?,31-/m0/s1. The zero-order valence-electron chi connectivity index (χ0n) is 23.3. The van der Waals surface area contributed by atoms with Gasteiger partial charge in [-0.15, -0.1) is 0 Å². The highest BCUT2D eigenvalue weighted by atomic mass is 35.5. The topological polar surface area (TPSA) is 95.7 Å². The number of aromatic nitrogens is 1. The number of likely N-dealkylation sites (tertiary alicyclic amines) is 1. The average molecular weight is 598 g/mol. The van der Waals surface area contributed by atoms with Crippen LogP contribution in [0.15, 0.2) is 73.1 Å². The van der Waals surface area contributed by atoms with Gasteiger partial charge < -0.3 is 14.6 Å². The van der Waals surface area contributed by atoms with Gasteiger partial charge in [0.2, 0.25) is 0 Å². The van der Waals surface area contributed by atoms with Gasteiger partial charge in [-0.2, -0.15) is 5.26 Å². The van der Waals surface area contributed by atoms with Crippen molar-refractivity contribution in [2.45, 2.75) is 38.5 Å². The summed E-state index contributed by atoms with van der Waals surface area (Å²) in [5, 5.41) is 19.1. The third-order valence-corrected chi connectivity index (χ3v) is 8.39. The molecule has 1 aliphatic carbocycles. The lowest BCUT2D eigenvalue weighted by Crippen LogP contribution is -2.23. The molecule has 3 aromatic carbocycles. The molecule has 2 heterocycles. The number of benzene rings is 3. The molecule has 2 atom stereocenters. The zero-order chi connectivity index (χ0) is 29.9. The van der Waals surface area contributed by atoms with Crippen molar-refractivity contribution in [2.24, 2.45) is 5.92 Å². The smallest absolute Gasteiger partial charge is 0.307 e. The van der Waals surface area contributed by atoms with E-state index in [1.54, 1.807) is 30.5 Å². The first-order valence-electron chi connectivity index (χ1n) is 14.2. The Kier molecular flexibility index (Phi) is 8.28. The maximum Gasteiger partial charge on any atom is 0.307 e. The second kappa shape index (κ2) is 12.4. The van der Waals surface area contributed by atoms with Crippen LogP contribution in [-0.2, 0) is 24.4 Å². The van der Waals surface area contributed by atoms with E-state index in [0.717, 1.165) is 34.2 Å². The maximum atomic E-state index is 14.7. The Morgan fingerprint density at radius 1 is 1.09 bits per heavy atom. The van der Waals surface area contributed by atoms with Crippen molar-refractivity contribution in [2.75, 3.05) is 13.1 Å². The molecular formula is C34H29ClFN3O4. The molecule has 1 aliphatic heterocycles. The molecule has 4 aromatic rings. The van der Waals surface area contributed by atoms with Crippen molar-refractivity contribution in [3.63, 3.8) is 0 Å². The first-order chi connectivity index (χ1) is 20.9. The molecule has 9 heteroatoms. The molecule has 1 unspecified atom stereocenters. The lowest BCUT2D eigenvalue weighted by molar-refractivity contribution is -0.141.